The average molecular weight is 590 g/mol. The van der Waals surface area contributed by atoms with Gasteiger partial charge in [-0.15, -0.1) is 0 Å². The summed E-state index contributed by atoms with van der Waals surface area (Å²) in [4.78, 5) is 15.9. The van der Waals surface area contributed by atoms with Gasteiger partial charge >= 0.3 is 0 Å². The highest BCUT2D eigenvalue weighted by Crippen LogP contribution is 2.46. The van der Waals surface area contributed by atoms with Gasteiger partial charge in [-0.1, -0.05) is 54.6 Å². The van der Waals surface area contributed by atoms with Crippen LogP contribution in [-0.2, 0) is 13.0 Å². The number of rotatable bonds is 10. The van der Waals surface area contributed by atoms with E-state index in [0.29, 0.717) is 53.8 Å². The Balaban J connectivity index is 1.39. The molecule has 2 heterocycles. The maximum absolute atomic E-state index is 14.0. The number of H-pyrrole nitrogens is 1. The summed E-state index contributed by atoms with van der Waals surface area (Å²) in [7, 11) is 3.22. The molecule has 1 atom stereocenters. The lowest BCUT2D eigenvalue weighted by Crippen LogP contribution is -2.31. The highest BCUT2D eigenvalue weighted by Gasteiger charge is 2.42. The molecule has 1 aromatic heterocycles. The molecule has 0 bridgehead atoms. The SMILES string of the molecule is COc1ccc(CCN2C(=O)c3[nH]nc(-c4cc(C)cc(C)c4O)c3C2c2cccc(OCc3ccccc3)c2)cc1OC. The Morgan fingerprint density at radius 2 is 1.68 bits per heavy atom. The highest BCUT2D eigenvalue weighted by atomic mass is 16.5. The largest absolute Gasteiger partial charge is 0.507 e. The number of hydrogen-bond acceptors (Lipinski definition) is 6. The number of carbonyl (C=O) groups excluding carboxylic acids is 1. The monoisotopic (exact) mass is 589 g/mol. The summed E-state index contributed by atoms with van der Waals surface area (Å²) in [5.74, 6) is 1.99. The average Bonchev–Trinajstić information content (AvgIpc) is 3.59. The summed E-state index contributed by atoms with van der Waals surface area (Å²) in [5, 5.41) is 18.7. The van der Waals surface area contributed by atoms with Crippen molar-refractivity contribution in [3.63, 3.8) is 0 Å². The second-order valence-electron chi connectivity index (χ2n) is 11.0. The number of nitrogens with one attached hydrogen (secondary N) is 1. The molecular formula is C36H35N3O5. The summed E-state index contributed by atoms with van der Waals surface area (Å²) in [6.07, 6.45) is 0.592. The predicted octanol–water partition coefficient (Wildman–Crippen LogP) is 6.78. The molecule has 8 nitrogen and oxygen atoms in total. The third-order valence-corrected chi connectivity index (χ3v) is 8.08. The summed E-state index contributed by atoms with van der Waals surface area (Å²) in [6, 6.07) is 27.0. The minimum absolute atomic E-state index is 0.149. The third-order valence-electron chi connectivity index (χ3n) is 8.08. The van der Waals surface area contributed by atoms with Gasteiger partial charge in [0.25, 0.3) is 5.91 Å². The van der Waals surface area contributed by atoms with Gasteiger partial charge in [0.05, 0.1) is 20.3 Å². The molecule has 1 unspecified atom stereocenters. The van der Waals surface area contributed by atoms with Crippen molar-refractivity contribution < 1.29 is 24.1 Å². The second kappa shape index (κ2) is 12.2. The van der Waals surface area contributed by atoms with Gasteiger partial charge in [0, 0.05) is 17.7 Å². The van der Waals surface area contributed by atoms with Crippen LogP contribution in [-0.4, -0.2) is 46.9 Å². The van der Waals surface area contributed by atoms with Crippen LogP contribution in [0.3, 0.4) is 0 Å². The smallest absolute Gasteiger partial charge is 0.273 e. The fourth-order valence-electron chi connectivity index (χ4n) is 5.92. The zero-order chi connectivity index (χ0) is 30.8. The van der Waals surface area contributed by atoms with Gasteiger partial charge in [0.2, 0.25) is 0 Å². The molecule has 2 N–H and O–H groups in total. The standard InChI is InChI=1S/C36H35N3O5/c1-22-17-23(2)35(40)28(18-22)32-31-33(38-37-32)36(41)39(16-15-24-13-14-29(42-3)30(19-24)43-4)34(31)26-11-8-12-27(20-26)44-21-25-9-6-5-7-10-25/h5-14,17-20,34,40H,15-16,21H2,1-4H3,(H,37,38). The van der Waals surface area contributed by atoms with Crippen LogP contribution in [0.15, 0.2) is 84.9 Å². The van der Waals surface area contributed by atoms with Crippen LogP contribution in [0.1, 0.15) is 49.9 Å². The second-order valence-corrected chi connectivity index (χ2v) is 11.0. The van der Waals surface area contributed by atoms with E-state index in [-0.39, 0.29) is 11.7 Å². The molecule has 0 spiro atoms. The van der Waals surface area contributed by atoms with Crippen molar-refractivity contribution >= 4 is 5.91 Å². The number of amides is 1. The molecule has 224 valence electrons. The number of nitrogens with zero attached hydrogens (tertiary/aromatic N) is 2. The zero-order valence-electron chi connectivity index (χ0n) is 25.3. The first-order valence-corrected chi connectivity index (χ1v) is 14.5. The van der Waals surface area contributed by atoms with Crippen LogP contribution in [0, 0.1) is 13.8 Å². The van der Waals surface area contributed by atoms with E-state index in [1.165, 1.54) is 0 Å². The minimum atomic E-state index is -0.452. The molecule has 5 aromatic rings. The Morgan fingerprint density at radius 3 is 2.45 bits per heavy atom. The van der Waals surface area contributed by atoms with Crippen molar-refractivity contribution in [2.24, 2.45) is 0 Å². The maximum atomic E-state index is 14.0. The molecule has 1 aliphatic heterocycles. The van der Waals surface area contributed by atoms with Gasteiger partial charge in [-0.25, -0.2) is 0 Å². The lowest BCUT2D eigenvalue weighted by molar-refractivity contribution is 0.0745. The molecule has 6 rings (SSSR count). The molecule has 44 heavy (non-hydrogen) atoms. The number of aromatic amines is 1. The quantitative estimate of drug-likeness (QED) is 0.186. The van der Waals surface area contributed by atoms with Gasteiger partial charge in [-0.2, -0.15) is 5.10 Å². The molecule has 0 saturated carbocycles. The number of phenolic OH excluding ortho intramolecular Hbond substituents is 1. The molecule has 1 aliphatic rings. The van der Waals surface area contributed by atoms with Crippen molar-refractivity contribution in [1.82, 2.24) is 15.1 Å². The van der Waals surface area contributed by atoms with Gasteiger partial charge < -0.3 is 24.2 Å². The molecule has 0 fully saturated rings. The van der Waals surface area contributed by atoms with Gasteiger partial charge in [0.1, 0.15) is 29.5 Å². The van der Waals surface area contributed by atoms with E-state index in [4.69, 9.17) is 14.2 Å². The Hall–Kier alpha value is -5.24. The van der Waals surface area contributed by atoms with Crippen LogP contribution in [0.25, 0.3) is 11.3 Å². The molecule has 0 saturated heterocycles. The Morgan fingerprint density at radius 1 is 0.886 bits per heavy atom. The summed E-state index contributed by atoms with van der Waals surface area (Å²) in [5.41, 5.74) is 7.03. The van der Waals surface area contributed by atoms with Crippen molar-refractivity contribution in [3.05, 3.63) is 124 Å². The van der Waals surface area contributed by atoms with E-state index in [1.807, 2.05) is 104 Å². The van der Waals surface area contributed by atoms with Crippen LogP contribution in [0.2, 0.25) is 0 Å². The van der Waals surface area contributed by atoms with Crippen LogP contribution >= 0.6 is 0 Å². The molecule has 4 aromatic carbocycles. The van der Waals surface area contributed by atoms with Crippen molar-refractivity contribution in [2.75, 3.05) is 20.8 Å². The summed E-state index contributed by atoms with van der Waals surface area (Å²) >= 11 is 0. The molecule has 0 radical (unpaired) electrons. The third kappa shape index (κ3) is 5.46. The van der Waals surface area contributed by atoms with E-state index in [0.717, 1.165) is 33.4 Å². The minimum Gasteiger partial charge on any atom is -0.507 e. The van der Waals surface area contributed by atoms with Crippen LogP contribution < -0.4 is 14.2 Å². The zero-order valence-corrected chi connectivity index (χ0v) is 25.3. The number of fused-ring (bicyclic) bond motifs is 1. The summed E-state index contributed by atoms with van der Waals surface area (Å²) < 4.78 is 17.1. The number of aryl methyl sites for hydroxylation is 2. The maximum Gasteiger partial charge on any atom is 0.273 e. The van der Waals surface area contributed by atoms with E-state index < -0.39 is 6.04 Å². The van der Waals surface area contributed by atoms with Crippen molar-refractivity contribution in [3.8, 4) is 34.3 Å². The number of aromatic hydroxyl groups is 1. The number of benzene rings is 4. The predicted molar refractivity (Wildman–Crippen MR) is 169 cm³/mol. The van der Waals surface area contributed by atoms with Gasteiger partial charge in [-0.3, -0.25) is 9.89 Å². The first-order chi connectivity index (χ1) is 21.4. The molecular weight excluding hydrogens is 554 g/mol. The lowest BCUT2D eigenvalue weighted by atomic mass is 9.94. The van der Waals surface area contributed by atoms with Gasteiger partial charge in [0.15, 0.2) is 11.5 Å². The van der Waals surface area contributed by atoms with Crippen molar-refractivity contribution in [1.29, 1.82) is 0 Å². The Kier molecular flexibility index (Phi) is 7.98. The van der Waals surface area contributed by atoms with E-state index in [2.05, 4.69) is 10.2 Å². The fraction of sp³-hybridized carbons (Fsp3) is 0.222. The lowest BCUT2D eigenvalue weighted by Gasteiger charge is -2.27. The normalized spacial score (nSPS) is 14.0. The first kappa shape index (κ1) is 28.9. The highest BCUT2D eigenvalue weighted by molar-refractivity contribution is 6.00. The number of ether oxygens (including phenoxy) is 3. The molecule has 1 amide bonds. The van der Waals surface area contributed by atoms with Gasteiger partial charge in [-0.05, 0) is 78.4 Å². The Labute approximate surface area is 256 Å². The summed E-state index contributed by atoms with van der Waals surface area (Å²) in [6.45, 7) is 4.71. The number of carbonyl (C=O) groups is 1. The molecule has 0 aliphatic carbocycles. The van der Waals surface area contributed by atoms with E-state index in [1.54, 1.807) is 14.2 Å². The number of phenols is 1. The van der Waals surface area contributed by atoms with Crippen molar-refractivity contribution in [2.45, 2.75) is 32.9 Å². The number of methoxy groups -OCH3 is 2. The first-order valence-electron chi connectivity index (χ1n) is 14.5. The molecule has 8 heteroatoms. The Bertz CT molecular complexity index is 1810. The number of aromatic nitrogens is 2. The van der Waals surface area contributed by atoms with E-state index in [9.17, 15) is 9.90 Å². The topological polar surface area (TPSA) is 96.9 Å². The van der Waals surface area contributed by atoms with Crippen LogP contribution in [0.5, 0.6) is 23.0 Å². The van der Waals surface area contributed by atoms with E-state index >= 15 is 0 Å². The fourth-order valence-corrected chi connectivity index (χ4v) is 5.92. The van der Waals surface area contributed by atoms with Crippen LogP contribution in [0.4, 0.5) is 0 Å². The number of hydrogen-bond donors (Lipinski definition) is 2.